The number of aromatic nitrogens is 2. The summed E-state index contributed by atoms with van der Waals surface area (Å²) in [6.45, 7) is 5.46. The fraction of sp³-hybridized carbons (Fsp3) is 0.150. The number of para-hydroxylation sites is 1. The molecule has 0 aliphatic rings. The highest BCUT2D eigenvalue weighted by molar-refractivity contribution is 6.04. The quantitative estimate of drug-likeness (QED) is 0.702. The van der Waals surface area contributed by atoms with Crippen molar-refractivity contribution >= 4 is 23.1 Å². The van der Waals surface area contributed by atoms with Gasteiger partial charge >= 0.3 is 0 Å². The average Bonchev–Trinajstić information content (AvgIpc) is 2.61. The smallest absolute Gasteiger partial charge is 0.274 e. The van der Waals surface area contributed by atoms with E-state index < -0.39 is 11.6 Å². The summed E-state index contributed by atoms with van der Waals surface area (Å²) in [4.78, 5) is 21.0. The van der Waals surface area contributed by atoms with Gasteiger partial charge in [0, 0.05) is 23.5 Å². The second-order valence-corrected chi connectivity index (χ2v) is 6.16. The first-order chi connectivity index (χ1) is 12.8. The molecule has 0 saturated carbocycles. The molecule has 138 valence electrons. The molecule has 1 aromatic heterocycles. The summed E-state index contributed by atoms with van der Waals surface area (Å²) in [5.41, 5.74) is 3.08. The zero-order valence-electron chi connectivity index (χ0n) is 15.1. The van der Waals surface area contributed by atoms with Crippen LogP contribution in [0.15, 0.2) is 42.5 Å². The van der Waals surface area contributed by atoms with Crippen molar-refractivity contribution in [3.05, 3.63) is 76.7 Å². The number of hydrogen-bond donors (Lipinski definition) is 2. The number of rotatable bonds is 4. The van der Waals surface area contributed by atoms with Crippen molar-refractivity contribution in [3.8, 4) is 0 Å². The van der Waals surface area contributed by atoms with Crippen molar-refractivity contribution in [2.75, 3.05) is 10.6 Å². The van der Waals surface area contributed by atoms with Gasteiger partial charge in [-0.3, -0.25) is 4.79 Å². The molecule has 1 amide bonds. The zero-order valence-corrected chi connectivity index (χ0v) is 15.1. The Labute approximate surface area is 155 Å². The lowest BCUT2D eigenvalue weighted by Gasteiger charge is -2.12. The second-order valence-electron chi connectivity index (χ2n) is 6.16. The topological polar surface area (TPSA) is 66.9 Å². The number of hydrogen-bond acceptors (Lipinski definition) is 4. The molecule has 3 rings (SSSR count). The number of aryl methyl sites for hydroxylation is 3. The van der Waals surface area contributed by atoms with Crippen molar-refractivity contribution in [2.24, 2.45) is 0 Å². The fourth-order valence-electron chi connectivity index (χ4n) is 2.66. The van der Waals surface area contributed by atoms with Gasteiger partial charge < -0.3 is 10.6 Å². The van der Waals surface area contributed by atoms with Gasteiger partial charge in [0.05, 0.1) is 0 Å². The molecule has 0 aliphatic carbocycles. The van der Waals surface area contributed by atoms with Gasteiger partial charge in [0.25, 0.3) is 5.91 Å². The van der Waals surface area contributed by atoms with Crippen molar-refractivity contribution < 1.29 is 13.6 Å². The van der Waals surface area contributed by atoms with Gasteiger partial charge in [-0.05, 0) is 44.0 Å². The maximum atomic E-state index is 13.4. The lowest BCUT2D eigenvalue weighted by molar-refractivity contribution is 0.102. The van der Waals surface area contributed by atoms with Crippen LogP contribution in [0, 0.1) is 32.4 Å². The Kier molecular flexibility index (Phi) is 5.12. The van der Waals surface area contributed by atoms with E-state index in [0.29, 0.717) is 17.3 Å². The summed E-state index contributed by atoms with van der Waals surface area (Å²) in [5.74, 6) is -1.62. The third-order valence-electron chi connectivity index (χ3n) is 3.98. The largest absolute Gasteiger partial charge is 0.340 e. The number of nitrogens with one attached hydrogen (secondary N) is 2. The van der Waals surface area contributed by atoms with E-state index in [1.807, 2.05) is 32.0 Å². The van der Waals surface area contributed by atoms with Crippen LogP contribution in [0.3, 0.4) is 0 Å². The van der Waals surface area contributed by atoms with Crippen molar-refractivity contribution in [3.63, 3.8) is 0 Å². The molecule has 2 N–H and O–H groups in total. The van der Waals surface area contributed by atoms with Gasteiger partial charge in [-0.15, -0.1) is 0 Å². The van der Waals surface area contributed by atoms with Crippen molar-refractivity contribution in [1.29, 1.82) is 0 Å². The monoisotopic (exact) mass is 368 g/mol. The predicted molar refractivity (Wildman–Crippen MR) is 100 cm³/mol. The Hall–Kier alpha value is -3.35. The molecule has 27 heavy (non-hydrogen) atoms. The molecule has 2 aromatic carbocycles. The molecule has 0 radical (unpaired) electrons. The lowest BCUT2D eigenvalue weighted by Crippen LogP contribution is -2.16. The molecule has 7 heteroatoms. The maximum absolute atomic E-state index is 13.4. The molecule has 0 aliphatic heterocycles. The van der Waals surface area contributed by atoms with E-state index in [1.165, 1.54) is 12.1 Å². The number of nitrogens with zero attached hydrogens (tertiary/aromatic N) is 2. The Morgan fingerprint density at radius 3 is 2.30 bits per heavy atom. The molecule has 0 fully saturated rings. The molecule has 0 atom stereocenters. The van der Waals surface area contributed by atoms with Crippen LogP contribution in [0.4, 0.5) is 26.0 Å². The number of carbonyl (C=O) groups excluding carboxylic acids is 1. The second kappa shape index (κ2) is 7.49. The van der Waals surface area contributed by atoms with Crippen LogP contribution in [0.5, 0.6) is 0 Å². The third-order valence-corrected chi connectivity index (χ3v) is 3.98. The zero-order chi connectivity index (χ0) is 19.6. The number of halogens is 2. The van der Waals surface area contributed by atoms with E-state index in [1.54, 1.807) is 6.92 Å². The number of benzene rings is 2. The van der Waals surface area contributed by atoms with E-state index in [-0.39, 0.29) is 11.6 Å². The number of amides is 1. The van der Waals surface area contributed by atoms with Gasteiger partial charge in [-0.1, -0.05) is 18.2 Å². The van der Waals surface area contributed by atoms with Crippen LogP contribution in [0.2, 0.25) is 0 Å². The summed E-state index contributed by atoms with van der Waals surface area (Å²) < 4.78 is 26.4. The van der Waals surface area contributed by atoms with Crippen LogP contribution in [0.25, 0.3) is 0 Å². The van der Waals surface area contributed by atoms with E-state index in [4.69, 9.17) is 0 Å². The summed E-state index contributed by atoms with van der Waals surface area (Å²) in [7, 11) is 0. The fourth-order valence-corrected chi connectivity index (χ4v) is 2.66. The molecule has 0 spiro atoms. The van der Waals surface area contributed by atoms with Gasteiger partial charge in [0.1, 0.15) is 17.3 Å². The summed E-state index contributed by atoms with van der Waals surface area (Å²) in [6.07, 6.45) is 0. The minimum atomic E-state index is -0.973. The third kappa shape index (κ3) is 4.25. The number of anilines is 3. The predicted octanol–water partition coefficient (Wildman–Crippen LogP) is 4.68. The van der Waals surface area contributed by atoms with Crippen molar-refractivity contribution in [1.82, 2.24) is 9.97 Å². The highest BCUT2D eigenvalue weighted by Gasteiger charge is 2.14. The summed E-state index contributed by atoms with van der Waals surface area (Å²) >= 11 is 0. The summed E-state index contributed by atoms with van der Waals surface area (Å²) in [6, 6.07) is 10.6. The molecule has 1 heterocycles. The van der Waals surface area contributed by atoms with Gasteiger partial charge in [0.15, 0.2) is 11.6 Å². The minimum absolute atomic E-state index is 0.162. The van der Waals surface area contributed by atoms with Crippen LogP contribution < -0.4 is 10.6 Å². The van der Waals surface area contributed by atoms with Gasteiger partial charge in [-0.25, -0.2) is 18.7 Å². The molecule has 0 bridgehead atoms. The molecule has 5 nitrogen and oxygen atoms in total. The maximum Gasteiger partial charge on any atom is 0.274 e. The Bertz CT molecular complexity index is 1000. The first kappa shape index (κ1) is 18.4. The normalized spacial score (nSPS) is 10.6. The highest BCUT2D eigenvalue weighted by Crippen LogP contribution is 2.21. The molecular formula is C20H18F2N4O. The molecular weight excluding hydrogens is 350 g/mol. The highest BCUT2D eigenvalue weighted by atomic mass is 19.2. The molecule has 3 aromatic rings. The van der Waals surface area contributed by atoms with Crippen molar-refractivity contribution in [2.45, 2.75) is 20.8 Å². The van der Waals surface area contributed by atoms with Gasteiger partial charge in [-0.2, -0.15) is 0 Å². The SMILES string of the molecule is Cc1nc(Nc2ccc(F)c(F)c2)cc(C(=O)Nc2c(C)cccc2C)n1. The Morgan fingerprint density at radius 2 is 1.63 bits per heavy atom. The first-order valence-electron chi connectivity index (χ1n) is 8.29. The lowest BCUT2D eigenvalue weighted by atomic mass is 10.1. The van der Waals surface area contributed by atoms with Crippen LogP contribution in [-0.2, 0) is 0 Å². The van der Waals surface area contributed by atoms with Gasteiger partial charge in [0.2, 0.25) is 0 Å². The van der Waals surface area contributed by atoms with Crippen LogP contribution in [-0.4, -0.2) is 15.9 Å². The Balaban J connectivity index is 1.86. The summed E-state index contributed by atoms with van der Waals surface area (Å²) in [5, 5.41) is 5.72. The number of carbonyl (C=O) groups is 1. The standard InChI is InChI=1S/C20H18F2N4O/c1-11-5-4-6-12(2)19(11)26-20(27)17-10-18(24-13(3)23-17)25-14-7-8-15(21)16(22)9-14/h4-10H,1-3H3,(H,26,27)(H,23,24,25). The van der Waals surface area contributed by atoms with E-state index in [0.717, 1.165) is 28.9 Å². The minimum Gasteiger partial charge on any atom is -0.340 e. The van der Waals surface area contributed by atoms with E-state index in [9.17, 15) is 13.6 Å². The average molecular weight is 368 g/mol. The molecule has 0 saturated heterocycles. The van der Waals surface area contributed by atoms with Crippen LogP contribution in [0.1, 0.15) is 27.4 Å². The van der Waals surface area contributed by atoms with E-state index in [2.05, 4.69) is 20.6 Å². The van der Waals surface area contributed by atoms with Crippen LogP contribution >= 0.6 is 0 Å². The Morgan fingerprint density at radius 1 is 0.926 bits per heavy atom. The van der Waals surface area contributed by atoms with E-state index >= 15 is 0 Å². The molecule has 0 unspecified atom stereocenters. The first-order valence-corrected chi connectivity index (χ1v) is 8.29.